The van der Waals surface area contributed by atoms with Crippen LogP contribution in [0.3, 0.4) is 0 Å². The first kappa shape index (κ1) is 16.8. The van der Waals surface area contributed by atoms with Crippen LogP contribution in [0.25, 0.3) is 44.6 Å². The van der Waals surface area contributed by atoms with E-state index >= 15 is 0 Å². The molecule has 0 N–H and O–H groups in total. The standard InChI is InChI=1S/C27H19N3/c1-4-10-20(11-5-1)25-23-16-18-29(21-12-6-2-7-13-21)26(23)24-17-19-30(27(24)28-25)22-14-8-3-9-15-22/h1-19H. The van der Waals surface area contributed by atoms with E-state index in [0.29, 0.717) is 0 Å². The largest absolute Gasteiger partial charge is 0.316 e. The first-order chi connectivity index (χ1) is 14.9. The molecule has 0 radical (unpaired) electrons. The smallest absolute Gasteiger partial charge is 0.147 e. The van der Waals surface area contributed by atoms with Crippen LogP contribution in [-0.2, 0) is 0 Å². The van der Waals surface area contributed by atoms with Crippen LogP contribution < -0.4 is 0 Å². The van der Waals surface area contributed by atoms with Gasteiger partial charge in [0, 0.05) is 40.1 Å². The summed E-state index contributed by atoms with van der Waals surface area (Å²) in [6.45, 7) is 0. The average molecular weight is 385 g/mol. The minimum atomic E-state index is 0.962. The number of hydrogen-bond acceptors (Lipinski definition) is 1. The first-order valence-corrected chi connectivity index (χ1v) is 10.1. The Hall–Kier alpha value is -4.11. The van der Waals surface area contributed by atoms with E-state index < -0.39 is 0 Å². The second-order valence-electron chi connectivity index (χ2n) is 7.37. The van der Waals surface area contributed by atoms with Crippen LogP contribution in [-0.4, -0.2) is 14.1 Å². The van der Waals surface area contributed by atoms with Crippen molar-refractivity contribution in [2.24, 2.45) is 0 Å². The highest BCUT2D eigenvalue weighted by Gasteiger charge is 2.17. The minimum Gasteiger partial charge on any atom is -0.316 e. The number of hydrogen-bond donors (Lipinski definition) is 0. The Morgan fingerprint density at radius 1 is 0.500 bits per heavy atom. The van der Waals surface area contributed by atoms with Crippen LogP contribution in [0.5, 0.6) is 0 Å². The highest BCUT2D eigenvalue weighted by atomic mass is 15.1. The summed E-state index contributed by atoms with van der Waals surface area (Å²) in [7, 11) is 0. The van der Waals surface area contributed by atoms with Gasteiger partial charge < -0.3 is 9.13 Å². The molecule has 0 spiro atoms. The molecule has 3 heterocycles. The molecule has 0 aliphatic rings. The normalized spacial score (nSPS) is 11.3. The van der Waals surface area contributed by atoms with E-state index in [0.717, 1.165) is 39.1 Å². The highest BCUT2D eigenvalue weighted by Crippen LogP contribution is 2.35. The Labute approximate surface area is 174 Å². The van der Waals surface area contributed by atoms with Gasteiger partial charge in [0.25, 0.3) is 0 Å². The van der Waals surface area contributed by atoms with Crippen molar-refractivity contribution in [3.05, 3.63) is 116 Å². The van der Waals surface area contributed by atoms with E-state index in [-0.39, 0.29) is 0 Å². The van der Waals surface area contributed by atoms with Gasteiger partial charge in [-0.25, -0.2) is 4.98 Å². The molecule has 0 bridgehead atoms. The summed E-state index contributed by atoms with van der Waals surface area (Å²) in [5.41, 5.74) is 6.52. The van der Waals surface area contributed by atoms with Gasteiger partial charge in [0.1, 0.15) is 5.65 Å². The fraction of sp³-hybridized carbons (Fsp3) is 0. The van der Waals surface area contributed by atoms with Gasteiger partial charge in [-0.2, -0.15) is 0 Å². The Kier molecular flexibility index (Phi) is 3.78. The molecular weight excluding hydrogens is 366 g/mol. The third-order valence-electron chi connectivity index (χ3n) is 5.59. The molecule has 0 saturated heterocycles. The van der Waals surface area contributed by atoms with Gasteiger partial charge in [-0.15, -0.1) is 0 Å². The molecule has 6 aromatic rings. The summed E-state index contributed by atoms with van der Waals surface area (Å²) in [5.74, 6) is 0. The molecule has 142 valence electrons. The van der Waals surface area contributed by atoms with Crippen molar-refractivity contribution in [3.8, 4) is 22.6 Å². The molecule has 0 saturated carbocycles. The quantitative estimate of drug-likeness (QED) is 0.335. The zero-order chi connectivity index (χ0) is 19.9. The summed E-state index contributed by atoms with van der Waals surface area (Å²) in [6, 6.07) is 35.7. The van der Waals surface area contributed by atoms with Gasteiger partial charge in [0.15, 0.2) is 0 Å². The summed E-state index contributed by atoms with van der Waals surface area (Å²) in [6.07, 6.45) is 4.26. The van der Waals surface area contributed by atoms with Crippen molar-refractivity contribution in [2.45, 2.75) is 0 Å². The van der Waals surface area contributed by atoms with Crippen LogP contribution in [0.4, 0.5) is 0 Å². The molecule has 30 heavy (non-hydrogen) atoms. The van der Waals surface area contributed by atoms with Crippen LogP contribution in [0.2, 0.25) is 0 Å². The lowest BCUT2D eigenvalue weighted by atomic mass is 10.1. The van der Waals surface area contributed by atoms with Crippen LogP contribution in [0.15, 0.2) is 116 Å². The second-order valence-corrected chi connectivity index (χ2v) is 7.37. The van der Waals surface area contributed by atoms with Crippen LogP contribution in [0, 0.1) is 0 Å². The monoisotopic (exact) mass is 385 g/mol. The fourth-order valence-electron chi connectivity index (χ4n) is 4.20. The SMILES string of the molecule is c1ccc(-c2nc3c(ccn3-c3ccccc3)c3c2ccn3-c2ccccc2)cc1. The van der Waals surface area contributed by atoms with Gasteiger partial charge in [0.2, 0.25) is 0 Å². The Bertz CT molecular complexity index is 1460. The second kappa shape index (κ2) is 6.75. The van der Waals surface area contributed by atoms with Crippen molar-refractivity contribution < 1.29 is 0 Å². The van der Waals surface area contributed by atoms with Gasteiger partial charge >= 0.3 is 0 Å². The van der Waals surface area contributed by atoms with Gasteiger partial charge in [-0.3, -0.25) is 0 Å². The van der Waals surface area contributed by atoms with Crippen molar-refractivity contribution in [3.63, 3.8) is 0 Å². The maximum absolute atomic E-state index is 5.17. The predicted molar refractivity (Wildman–Crippen MR) is 123 cm³/mol. The van der Waals surface area contributed by atoms with E-state index in [2.05, 4.69) is 106 Å². The molecule has 3 heteroatoms. The van der Waals surface area contributed by atoms with Crippen molar-refractivity contribution in [1.82, 2.24) is 14.1 Å². The maximum atomic E-state index is 5.17. The topological polar surface area (TPSA) is 22.8 Å². The van der Waals surface area contributed by atoms with Gasteiger partial charge in [0.05, 0.1) is 11.2 Å². The Morgan fingerprint density at radius 3 is 1.70 bits per heavy atom. The molecular formula is C27H19N3. The van der Waals surface area contributed by atoms with Gasteiger partial charge in [-0.05, 0) is 36.4 Å². The number of rotatable bonds is 3. The number of aromatic nitrogens is 3. The maximum Gasteiger partial charge on any atom is 0.147 e. The van der Waals surface area contributed by atoms with Crippen LogP contribution >= 0.6 is 0 Å². The number of nitrogens with zero attached hydrogens (tertiary/aromatic N) is 3. The van der Waals surface area contributed by atoms with Crippen LogP contribution in [0.1, 0.15) is 0 Å². The minimum absolute atomic E-state index is 0.962. The number of fused-ring (bicyclic) bond motifs is 3. The lowest BCUT2D eigenvalue weighted by molar-refractivity contribution is 1.09. The Morgan fingerprint density at radius 2 is 1.03 bits per heavy atom. The molecule has 0 fully saturated rings. The van der Waals surface area contributed by atoms with E-state index in [9.17, 15) is 0 Å². The predicted octanol–water partition coefficient (Wildman–Crippen LogP) is 6.64. The number of para-hydroxylation sites is 2. The summed E-state index contributed by atoms with van der Waals surface area (Å²) in [5, 5.41) is 2.30. The van der Waals surface area contributed by atoms with Crippen molar-refractivity contribution >= 4 is 21.9 Å². The lowest BCUT2D eigenvalue weighted by Crippen LogP contribution is -1.97. The zero-order valence-electron chi connectivity index (χ0n) is 16.3. The van der Waals surface area contributed by atoms with E-state index in [1.54, 1.807) is 0 Å². The third-order valence-corrected chi connectivity index (χ3v) is 5.59. The lowest BCUT2D eigenvalue weighted by Gasteiger charge is -2.11. The van der Waals surface area contributed by atoms with E-state index in [4.69, 9.17) is 4.98 Å². The summed E-state index contributed by atoms with van der Waals surface area (Å²) < 4.78 is 4.44. The Balaban J connectivity index is 1.74. The molecule has 0 aliphatic heterocycles. The highest BCUT2D eigenvalue weighted by molar-refractivity contribution is 6.10. The molecule has 0 atom stereocenters. The van der Waals surface area contributed by atoms with Crippen molar-refractivity contribution in [2.75, 3.05) is 0 Å². The first-order valence-electron chi connectivity index (χ1n) is 10.1. The molecule has 3 aromatic heterocycles. The molecule has 0 aliphatic carbocycles. The number of benzene rings is 3. The fourth-order valence-corrected chi connectivity index (χ4v) is 4.20. The van der Waals surface area contributed by atoms with E-state index in [1.807, 2.05) is 18.2 Å². The third kappa shape index (κ3) is 2.56. The molecule has 0 amide bonds. The molecule has 3 aromatic carbocycles. The summed E-state index contributed by atoms with van der Waals surface area (Å²) >= 11 is 0. The van der Waals surface area contributed by atoms with E-state index in [1.165, 1.54) is 5.52 Å². The van der Waals surface area contributed by atoms with Gasteiger partial charge in [-0.1, -0.05) is 66.7 Å². The average Bonchev–Trinajstić information content (AvgIpc) is 3.45. The zero-order valence-corrected chi connectivity index (χ0v) is 16.3. The number of pyridine rings is 1. The molecule has 6 rings (SSSR count). The molecule has 0 unspecified atom stereocenters. The molecule has 3 nitrogen and oxygen atoms in total. The summed E-state index contributed by atoms with van der Waals surface area (Å²) in [4.78, 5) is 5.17. The van der Waals surface area contributed by atoms with Crippen molar-refractivity contribution in [1.29, 1.82) is 0 Å².